The van der Waals surface area contributed by atoms with Crippen molar-refractivity contribution in [1.82, 2.24) is 4.90 Å². The molecule has 5 nitrogen and oxygen atoms in total. The first-order valence-electron chi connectivity index (χ1n) is 4.91. The quantitative estimate of drug-likeness (QED) is 0.553. The molecule has 15 heavy (non-hydrogen) atoms. The number of nitrogens with zero attached hydrogens (tertiary/aromatic N) is 1. The van der Waals surface area contributed by atoms with E-state index in [0.29, 0.717) is 12.1 Å². The minimum atomic E-state index is -0.581. The van der Waals surface area contributed by atoms with Crippen LogP contribution in [0.4, 0.5) is 0 Å². The van der Waals surface area contributed by atoms with Gasteiger partial charge < -0.3 is 21.1 Å². The van der Waals surface area contributed by atoms with E-state index in [-0.39, 0.29) is 18.6 Å². The van der Waals surface area contributed by atoms with Crippen molar-refractivity contribution in [3.8, 4) is 0 Å². The molecule has 2 atom stereocenters. The van der Waals surface area contributed by atoms with Gasteiger partial charge in [-0.2, -0.15) is 0 Å². The van der Waals surface area contributed by atoms with Crippen molar-refractivity contribution >= 4 is 5.91 Å². The van der Waals surface area contributed by atoms with Gasteiger partial charge in [-0.15, -0.1) is 0 Å². The lowest BCUT2D eigenvalue weighted by Crippen LogP contribution is -2.41. The molecule has 1 heterocycles. The SMILES string of the molecule is CN1C(=O)[C@@H](N)COC2CC=C(N)C=C21. The standard InChI is InChI=1S/C10H15N3O2/c1-13-8-4-6(11)2-3-9(8)15-5-7(12)10(13)14/h2,4,7,9H,3,5,11-12H2,1H3/t7-,9?/m0/s1. The van der Waals surface area contributed by atoms with E-state index in [0.717, 1.165) is 5.70 Å². The molecule has 1 fully saturated rings. The van der Waals surface area contributed by atoms with E-state index in [2.05, 4.69) is 0 Å². The fraction of sp³-hybridized carbons (Fsp3) is 0.500. The van der Waals surface area contributed by atoms with Crippen molar-refractivity contribution < 1.29 is 9.53 Å². The highest BCUT2D eigenvalue weighted by Gasteiger charge is 2.32. The summed E-state index contributed by atoms with van der Waals surface area (Å²) in [5.41, 5.74) is 12.8. The number of ether oxygens (including phenoxy) is 1. The zero-order valence-corrected chi connectivity index (χ0v) is 8.64. The van der Waals surface area contributed by atoms with Gasteiger partial charge in [-0.25, -0.2) is 0 Å². The predicted molar refractivity (Wildman–Crippen MR) is 55.5 cm³/mol. The summed E-state index contributed by atoms with van der Waals surface area (Å²) >= 11 is 0. The fourth-order valence-corrected chi connectivity index (χ4v) is 1.82. The Morgan fingerprint density at radius 2 is 2.33 bits per heavy atom. The second kappa shape index (κ2) is 3.67. The summed E-state index contributed by atoms with van der Waals surface area (Å²) in [7, 11) is 1.70. The van der Waals surface area contributed by atoms with Crippen molar-refractivity contribution in [3.63, 3.8) is 0 Å². The number of hydrogen-bond acceptors (Lipinski definition) is 4. The molecule has 0 aromatic heterocycles. The van der Waals surface area contributed by atoms with Gasteiger partial charge in [-0.05, 0) is 12.5 Å². The van der Waals surface area contributed by atoms with E-state index >= 15 is 0 Å². The van der Waals surface area contributed by atoms with Crippen LogP contribution in [0, 0.1) is 0 Å². The summed E-state index contributed by atoms with van der Waals surface area (Å²) < 4.78 is 5.55. The third-order valence-corrected chi connectivity index (χ3v) is 2.72. The maximum absolute atomic E-state index is 11.7. The highest BCUT2D eigenvalue weighted by molar-refractivity contribution is 5.83. The van der Waals surface area contributed by atoms with Crippen LogP contribution in [0.15, 0.2) is 23.5 Å². The van der Waals surface area contributed by atoms with Gasteiger partial charge in [0.2, 0.25) is 5.91 Å². The Kier molecular flexibility index (Phi) is 2.50. The van der Waals surface area contributed by atoms with Crippen LogP contribution in [0.2, 0.25) is 0 Å². The second-order valence-electron chi connectivity index (χ2n) is 3.83. The molecule has 0 aromatic carbocycles. The Morgan fingerprint density at radius 3 is 3.07 bits per heavy atom. The van der Waals surface area contributed by atoms with Crippen molar-refractivity contribution in [2.45, 2.75) is 18.6 Å². The maximum atomic E-state index is 11.7. The first-order valence-corrected chi connectivity index (χ1v) is 4.91. The number of nitrogens with two attached hydrogens (primary N) is 2. The second-order valence-corrected chi connectivity index (χ2v) is 3.83. The molecule has 2 aliphatic rings. The molecule has 1 aliphatic heterocycles. The predicted octanol–water partition coefficient (Wildman–Crippen LogP) is -0.699. The molecule has 82 valence electrons. The smallest absolute Gasteiger partial charge is 0.245 e. The zero-order chi connectivity index (χ0) is 11.0. The normalized spacial score (nSPS) is 31.6. The molecule has 1 aliphatic carbocycles. The third-order valence-electron chi connectivity index (χ3n) is 2.72. The summed E-state index contributed by atoms with van der Waals surface area (Å²) in [5.74, 6) is -0.126. The molecule has 0 bridgehead atoms. The van der Waals surface area contributed by atoms with Crippen molar-refractivity contribution in [1.29, 1.82) is 0 Å². The molecule has 0 aromatic rings. The molecule has 0 radical (unpaired) electrons. The molecule has 4 N–H and O–H groups in total. The highest BCUT2D eigenvalue weighted by atomic mass is 16.5. The Hall–Kier alpha value is -1.33. The number of carbonyl (C=O) groups excluding carboxylic acids is 1. The summed E-state index contributed by atoms with van der Waals surface area (Å²) in [6, 6.07) is -0.581. The molecule has 1 unspecified atom stereocenters. The van der Waals surface area contributed by atoms with Gasteiger partial charge in [0.05, 0.1) is 12.3 Å². The largest absolute Gasteiger partial charge is 0.399 e. The number of fused-ring (bicyclic) bond motifs is 1. The van der Waals surface area contributed by atoms with E-state index in [9.17, 15) is 4.79 Å². The van der Waals surface area contributed by atoms with Gasteiger partial charge in [-0.1, -0.05) is 6.08 Å². The number of rotatable bonds is 0. The average Bonchev–Trinajstić information content (AvgIpc) is 2.32. The van der Waals surface area contributed by atoms with Crippen LogP contribution in [-0.4, -0.2) is 36.6 Å². The molecule has 1 amide bonds. The monoisotopic (exact) mass is 209 g/mol. The summed E-state index contributed by atoms with van der Waals surface area (Å²) in [6.07, 6.45) is 4.26. The maximum Gasteiger partial charge on any atom is 0.245 e. The fourth-order valence-electron chi connectivity index (χ4n) is 1.82. The first-order chi connectivity index (χ1) is 7.09. The molecule has 0 saturated carbocycles. The molecule has 5 heteroatoms. The number of allylic oxidation sites excluding steroid dienone is 1. The Bertz CT molecular complexity index is 349. The van der Waals surface area contributed by atoms with Crippen LogP contribution in [0.5, 0.6) is 0 Å². The number of likely N-dealkylation sites (N-methyl/N-ethyl adjacent to an activating group) is 1. The van der Waals surface area contributed by atoms with E-state index < -0.39 is 6.04 Å². The van der Waals surface area contributed by atoms with E-state index in [1.54, 1.807) is 18.0 Å². The molecule has 0 spiro atoms. The van der Waals surface area contributed by atoms with Crippen molar-refractivity contribution in [3.05, 3.63) is 23.5 Å². The minimum Gasteiger partial charge on any atom is -0.399 e. The van der Waals surface area contributed by atoms with Crippen molar-refractivity contribution in [2.75, 3.05) is 13.7 Å². The Morgan fingerprint density at radius 1 is 1.60 bits per heavy atom. The van der Waals surface area contributed by atoms with E-state index in [4.69, 9.17) is 16.2 Å². The summed E-state index contributed by atoms with van der Waals surface area (Å²) in [5, 5.41) is 0. The highest BCUT2D eigenvalue weighted by Crippen LogP contribution is 2.24. The molecular formula is C10H15N3O2. The lowest BCUT2D eigenvalue weighted by atomic mass is 10.1. The first kappa shape index (κ1) is 10.2. The van der Waals surface area contributed by atoms with E-state index in [1.807, 2.05) is 6.08 Å². The van der Waals surface area contributed by atoms with Crippen LogP contribution in [0.3, 0.4) is 0 Å². The third kappa shape index (κ3) is 1.75. The summed E-state index contributed by atoms with van der Waals surface area (Å²) in [4.78, 5) is 13.3. The van der Waals surface area contributed by atoms with Gasteiger partial charge >= 0.3 is 0 Å². The van der Waals surface area contributed by atoms with Gasteiger partial charge in [0.1, 0.15) is 12.1 Å². The molecule has 2 rings (SSSR count). The zero-order valence-electron chi connectivity index (χ0n) is 8.64. The Labute approximate surface area is 88.3 Å². The minimum absolute atomic E-state index is 0.0974. The van der Waals surface area contributed by atoms with Crippen molar-refractivity contribution in [2.24, 2.45) is 11.5 Å². The van der Waals surface area contributed by atoms with Gasteiger partial charge in [0, 0.05) is 12.7 Å². The Balaban J connectivity index is 2.32. The van der Waals surface area contributed by atoms with Crippen LogP contribution < -0.4 is 11.5 Å². The number of amides is 1. The van der Waals surface area contributed by atoms with Crippen LogP contribution in [-0.2, 0) is 9.53 Å². The van der Waals surface area contributed by atoms with Gasteiger partial charge in [0.15, 0.2) is 0 Å². The topological polar surface area (TPSA) is 81.6 Å². The lowest BCUT2D eigenvalue weighted by molar-refractivity contribution is -0.129. The summed E-state index contributed by atoms with van der Waals surface area (Å²) in [6.45, 7) is 0.263. The van der Waals surface area contributed by atoms with Crippen LogP contribution in [0.25, 0.3) is 0 Å². The van der Waals surface area contributed by atoms with Gasteiger partial charge in [-0.3, -0.25) is 4.79 Å². The van der Waals surface area contributed by atoms with Crippen LogP contribution in [0.1, 0.15) is 6.42 Å². The molecular weight excluding hydrogens is 194 g/mol. The van der Waals surface area contributed by atoms with Gasteiger partial charge in [0.25, 0.3) is 0 Å². The van der Waals surface area contributed by atoms with E-state index in [1.165, 1.54) is 0 Å². The van der Waals surface area contributed by atoms with Crippen LogP contribution >= 0.6 is 0 Å². The number of carbonyl (C=O) groups is 1. The number of hydrogen-bond donors (Lipinski definition) is 2. The lowest BCUT2D eigenvalue weighted by Gasteiger charge is -2.26. The average molecular weight is 209 g/mol. The molecule has 1 saturated heterocycles.